The molecule has 0 spiro atoms. The van der Waals surface area contributed by atoms with Crippen molar-refractivity contribution in [3.63, 3.8) is 0 Å². The van der Waals surface area contributed by atoms with E-state index in [1.165, 1.54) is 0 Å². The van der Waals surface area contributed by atoms with Crippen LogP contribution >= 0.6 is 0 Å². The first-order chi connectivity index (χ1) is 9.96. The maximum absolute atomic E-state index is 12.3. The minimum absolute atomic E-state index is 0.00268. The molecule has 0 bridgehead atoms. The van der Waals surface area contributed by atoms with Crippen LogP contribution in [-0.4, -0.2) is 67.9 Å². The van der Waals surface area contributed by atoms with E-state index in [9.17, 15) is 18.5 Å². The van der Waals surface area contributed by atoms with E-state index in [-0.39, 0.29) is 29.4 Å². The Morgan fingerprint density at radius 1 is 1.33 bits per heavy atom. The second kappa shape index (κ2) is 6.75. The molecular weight excluding hydrogens is 290 g/mol. The Morgan fingerprint density at radius 2 is 2.00 bits per heavy atom. The quantitative estimate of drug-likeness (QED) is 0.743. The highest BCUT2D eigenvalue weighted by atomic mass is 32.2. The lowest BCUT2D eigenvalue weighted by Gasteiger charge is -2.37. The van der Waals surface area contributed by atoms with E-state index in [4.69, 9.17) is 0 Å². The minimum atomic E-state index is -3.02. The van der Waals surface area contributed by atoms with Crippen molar-refractivity contribution in [2.75, 3.05) is 37.7 Å². The van der Waals surface area contributed by atoms with E-state index in [1.807, 2.05) is 0 Å². The summed E-state index contributed by atoms with van der Waals surface area (Å²) in [7, 11) is -3.02. The SMILES string of the molecule is CCCC(C#N)N1CCN(C(=O)C2CCS(=O)(=O)C2)CC1. The number of piperazine rings is 1. The first kappa shape index (κ1) is 16.2. The van der Waals surface area contributed by atoms with E-state index in [2.05, 4.69) is 17.9 Å². The Kier molecular flexibility index (Phi) is 5.22. The van der Waals surface area contributed by atoms with Gasteiger partial charge >= 0.3 is 0 Å². The van der Waals surface area contributed by atoms with Gasteiger partial charge in [-0.2, -0.15) is 5.26 Å². The molecular formula is C14H23N3O3S. The van der Waals surface area contributed by atoms with Gasteiger partial charge in [0, 0.05) is 26.2 Å². The molecule has 0 radical (unpaired) electrons. The number of hydrogen-bond donors (Lipinski definition) is 0. The first-order valence-electron chi connectivity index (χ1n) is 7.59. The van der Waals surface area contributed by atoms with Crippen molar-refractivity contribution in [3.05, 3.63) is 0 Å². The molecule has 2 heterocycles. The van der Waals surface area contributed by atoms with Crippen LogP contribution in [0.15, 0.2) is 0 Å². The Labute approximate surface area is 126 Å². The van der Waals surface area contributed by atoms with Crippen molar-refractivity contribution >= 4 is 15.7 Å². The Balaban J connectivity index is 1.87. The molecule has 2 atom stereocenters. The lowest BCUT2D eigenvalue weighted by atomic mass is 10.1. The number of nitriles is 1. The van der Waals surface area contributed by atoms with Gasteiger partial charge in [0.25, 0.3) is 0 Å². The fourth-order valence-corrected chi connectivity index (χ4v) is 4.84. The van der Waals surface area contributed by atoms with Crippen LogP contribution in [0.25, 0.3) is 0 Å². The molecule has 2 aliphatic rings. The van der Waals surface area contributed by atoms with E-state index < -0.39 is 9.84 Å². The zero-order valence-corrected chi connectivity index (χ0v) is 13.3. The van der Waals surface area contributed by atoms with Crippen LogP contribution in [0.1, 0.15) is 26.2 Å². The van der Waals surface area contributed by atoms with Gasteiger partial charge in [0.1, 0.15) is 0 Å². The topological polar surface area (TPSA) is 81.5 Å². The van der Waals surface area contributed by atoms with Gasteiger partial charge < -0.3 is 4.90 Å². The summed E-state index contributed by atoms with van der Waals surface area (Å²) in [5, 5.41) is 9.18. The Bertz CT molecular complexity index is 518. The van der Waals surface area contributed by atoms with Crippen LogP contribution < -0.4 is 0 Å². The third-order valence-electron chi connectivity index (χ3n) is 4.36. The molecule has 7 heteroatoms. The molecule has 21 heavy (non-hydrogen) atoms. The molecule has 1 amide bonds. The van der Waals surface area contributed by atoms with Gasteiger partial charge in [0.2, 0.25) is 5.91 Å². The average Bonchev–Trinajstić information content (AvgIpc) is 2.84. The fourth-order valence-electron chi connectivity index (χ4n) is 3.10. The highest BCUT2D eigenvalue weighted by molar-refractivity contribution is 7.91. The molecule has 0 saturated carbocycles. The van der Waals surface area contributed by atoms with Crippen LogP contribution in [-0.2, 0) is 14.6 Å². The van der Waals surface area contributed by atoms with Crippen molar-refractivity contribution in [2.24, 2.45) is 5.92 Å². The van der Waals surface area contributed by atoms with Crippen LogP contribution in [0.2, 0.25) is 0 Å². The molecule has 0 aromatic heterocycles. The molecule has 0 aromatic carbocycles. The second-order valence-corrected chi connectivity index (χ2v) is 8.12. The third kappa shape index (κ3) is 3.95. The highest BCUT2D eigenvalue weighted by Gasteiger charge is 2.36. The third-order valence-corrected chi connectivity index (χ3v) is 6.13. The number of carbonyl (C=O) groups is 1. The number of nitrogens with zero attached hydrogens (tertiary/aromatic N) is 3. The standard InChI is InChI=1S/C14H23N3O3S/c1-2-3-13(10-15)16-5-7-17(8-6-16)14(18)12-4-9-21(19,20)11-12/h12-13H,2-9,11H2,1H3. The zero-order chi connectivity index (χ0) is 15.5. The lowest BCUT2D eigenvalue weighted by molar-refractivity contribution is -0.136. The summed E-state index contributed by atoms with van der Waals surface area (Å²) in [6, 6.07) is 2.26. The molecule has 2 fully saturated rings. The van der Waals surface area contributed by atoms with Crippen molar-refractivity contribution in [1.29, 1.82) is 5.26 Å². The lowest BCUT2D eigenvalue weighted by Crippen LogP contribution is -2.53. The summed E-state index contributed by atoms with van der Waals surface area (Å²) >= 11 is 0. The average molecular weight is 313 g/mol. The number of sulfone groups is 1. The summed E-state index contributed by atoms with van der Waals surface area (Å²) in [6.45, 7) is 4.64. The van der Waals surface area contributed by atoms with Gasteiger partial charge in [-0.3, -0.25) is 9.69 Å². The van der Waals surface area contributed by atoms with Gasteiger partial charge in [0.05, 0.1) is 29.5 Å². The second-order valence-electron chi connectivity index (χ2n) is 5.89. The van der Waals surface area contributed by atoms with E-state index in [0.717, 1.165) is 12.8 Å². The molecule has 6 nitrogen and oxygen atoms in total. The van der Waals surface area contributed by atoms with Crippen molar-refractivity contribution in [1.82, 2.24) is 9.80 Å². The summed E-state index contributed by atoms with van der Waals surface area (Å²) in [5.41, 5.74) is 0. The van der Waals surface area contributed by atoms with Crippen molar-refractivity contribution in [2.45, 2.75) is 32.2 Å². The Hall–Kier alpha value is -1.13. The molecule has 0 aromatic rings. The van der Waals surface area contributed by atoms with Gasteiger partial charge in [-0.05, 0) is 12.8 Å². The highest BCUT2D eigenvalue weighted by Crippen LogP contribution is 2.22. The Morgan fingerprint density at radius 3 is 2.48 bits per heavy atom. The van der Waals surface area contributed by atoms with Crippen molar-refractivity contribution < 1.29 is 13.2 Å². The van der Waals surface area contributed by atoms with Crippen LogP contribution in [0, 0.1) is 17.2 Å². The summed E-state index contributed by atoms with van der Waals surface area (Å²) in [4.78, 5) is 16.2. The smallest absolute Gasteiger partial charge is 0.226 e. The van der Waals surface area contributed by atoms with Gasteiger partial charge in [-0.15, -0.1) is 0 Å². The molecule has 2 aliphatic heterocycles. The molecule has 2 unspecified atom stereocenters. The summed E-state index contributed by atoms with van der Waals surface area (Å²) in [6.07, 6.45) is 2.28. The molecule has 2 rings (SSSR count). The van der Waals surface area contributed by atoms with Crippen LogP contribution in [0.4, 0.5) is 0 Å². The van der Waals surface area contributed by atoms with E-state index in [1.54, 1.807) is 4.90 Å². The largest absolute Gasteiger partial charge is 0.340 e. The molecule has 2 saturated heterocycles. The van der Waals surface area contributed by atoms with Crippen LogP contribution in [0.3, 0.4) is 0 Å². The number of carbonyl (C=O) groups excluding carboxylic acids is 1. The normalized spacial score (nSPS) is 27.2. The van der Waals surface area contributed by atoms with E-state index >= 15 is 0 Å². The summed E-state index contributed by atoms with van der Waals surface area (Å²) < 4.78 is 22.9. The maximum atomic E-state index is 12.3. The van der Waals surface area contributed by atoms with Crippen molar-refractivity contribution in [3.8, 4) is 6.07 Å². The van der Waals surface area contributed by atoms with Gasteiger partial charge in [-0.25, -0.2) is 8.42 Å². The fraction of sp³-hybridized carbons (Fsp3) is 0.857. The predicted molar refractivity (Wildman–Crippen MR) is 79.2 cm³/mol. The van der Waals surface area contributed by atoms with Gasteiger partial charge in [0.15, 0.2) is 9.84 Å². The number of rotatable bonds is 4. The monoisotopic (exact) mass is 313 g/mol. The predicted octanol–water partition coefficient (Wildman–Crippen LogP) is 0.258. The van der Waals surface area contributed by atoms with E-state index in [0.29, 0.717) is 32.6 Å². The summed E-state index contributed by atoms with van der Waals surface area (Å²) in [5.74, 6) is -0.248. The van der Waals surface area contributed by atoms with Crippen LogP contribution in [0.5, 0.6) is 0 Å². The molecule has 0 aliphatic carbocycles. The minimum Gasteiger partial charge on any atom is -0.340 e. The number of hydrogen-bond acceptors (Lipinski definition) is 5. The first-order valence-corrected chi connectivity index (χ1v) is 9.42. The molecule has 0 N–H and O–H groups in total. The van der Waals surface area contributed by atoms with Gasteiger partial charge in [-0.1, -0.05) is 13.3 Å². The maximum Gasteiger partial charge on any atom is 0.226 e. The zero-order valence-electron chi connectivity index (χ0n) is 12.5. The number of amides is 1. The molecule has 118 valence electrons.